The lowest BCUT2D eigenvalue weighted by Crippen LogP contribution is -3.00. The van der Waals surface area contributed by atoms with Crippen molar-refractivity contribution in [1.29, 1.82) is 0 Å². The van der Waals surface area contributed by atoms with Crippen molar-refractivity contribution >= 4 is 11.0 Å². The highest BCUT2D eigenvalue weighted by molar-refractivity contribution is 5.85. The van der Waals surface area contributed by atoms with Gasteiger partial charge in [-0.05, 0) is 43.6 Å². The molecular formula is C22H23ClNO3-. The smallest absolute Gasteiger partial charge is 0.200 e. The van der Waals surface area contributed by atoms with Gasteiger partial charge >= 0.3 is 0 Å². The first-order valence-corrected chi connectivity index (χ1v) is 9.28. The van der Waals surface area contributed by atoms with Crippen LogP contribution in [0.5, 0.6) is 5.75 Å². The lowest BCUT2D eigenvalue weighted by atomic mass is 10.0. The fraction of sp³-hybridized carbons (Fsp3) is 0.318. The molecule has 0 unspecified atom stereocenters. The van der Waals surface area contributed by atoms with E-state index < -0.39 is 0 Å². The minimum Gasteiger partial charge on any atom is -1.00 e. The van der Waals surface area contributed by atoms with Gasteiger partial charge in [-0.3, -0.25) is 9.69 Å². The Morgan fingerprint density at radius 1 is 0.963 bits per heavy atom. The Morgan fingerprint density at radius 3 is 2.37 bits per heavy atom. The molecule has 0 saturated carbocycles. The van der Waals surface area contributed by atoms with Gasteiger partial charge in [0.05, 0.1) is 16.5 Å². The molecule has 0 amide bonds. The van der Waals surface area contributed by atoms with Crippen molar-refractivity contribution in [2.45, 2.75) is 32.2 Å². The van der Waals surface area contributed by atoms with E-state index in [-0.39, 0.29) is 23.6 Å². The summed E-state index contributed by atoms with van der Waals surface area (Å²) in [7, 11) is 0. The number of benzene rings is 2. The van der Waals surface area contributed by atoms with Crippen molar-refractivity contribution < 1.29 is 21.9 Å². The van der Waals surface area contributed by atoms with Crippen LogP contribution >= 0.6 is 0 Å². The maximum absolute atomic E-state index is 13.0. The fourth-order valence-electron chi connectivity index (χ4n) is 3.73. The minimum absolute atomic E-state index is 0. The molecule has 0 radical (unpaired) electrons. The second-order valence-corrected chi connectivity index (χ2v) is 6.97. The Labute approximate surface area is 164 Å². The highest BCUT2D eigenvalue weighted by Crippen LogP contribution is 2.29. The summed E-state index contributed by atoms with van der Waals surface area (Å²) in [6, 6.07) is 12.8. The first-order valence-electron chi connectivity index (χ1n) is 9.28. The molecule has 0 bridgehead atoms. The Morgan fingerprint density at radius 2 is 1.67 bits per heavy atom. The molecule has 1 fully saturated rings. The van der Waals surface area contributed by atoms with Gasteiger partial charge in [-0.2, -0.15) is 0 Å². The molecule has 2 heterocycles. The van der Waals surface area contributed by atoms with Crippen molar-refractivity contribution in [3.63, 3.8) is 0 Å². The molecule has 4 rings (SSSR count). The first kappa shape index (κ1) is 19.5. The molecule has 1 aliphatic heterocycles. The predicted octanol–water partition coefficient (Wildman–Crippen LogP) is 1.55. The number of aromatic hydroxyl groups is 1. The van der Waals surface area contributed by atoms with Crippen LogP contribution in [0.2, 0.25) is 0 Å². The number of hydrogen-bond acceptors (Lipinski definition) is 4. The molecule has 5 heteroatoms. The van der Waals surface area contributed by atoms with Gasteiger partial charge in [-0.15, -0.1) is 0 Å². The summed E-state index contributed by atoms with van der Waals surface area (Å²) in [5, 5.41) is 10.9. The summed E-state index contributed by atoms with van der Waals surface area (Å²) in [5.41, 5.74) is 2.53. The van der Waals surface area contributed by atoms with E-state index in [4.69, 9.17) is 4.42 Å². The second-order valence-electron chi connectivity index (χ2n) is 6.97. The quantitative estimate of drug-likeness (QED) is 0.744. The second kappa shape index (κ2) is 8.59. The molecule has 1 aliphatic rings. The number of hydrogen-bond donors (Lipinski definition) is 1. The zero-order valence-electron chi connectivity index (χ0n) is 15.2. The van der Waals surface area contributed by atoms with Crippen LogP contribution in [-0.4, -0.2) is 23.1 Å². The summed E-state index contributed by atoms with van der Waals surface area (Å²) < 4.78 is 5.88. The van der Waals surface area contributed by atoms with Gasteiger partial charge in [0, 0.05) is 6.54 Å². The van der Waals surface area contributed by atoms with Gasteiger partial charge in [0.2, 0.25) is 5.43 Å². The maximum atomic E-state index is 13.0. The zero-order chi connectivity index (χ0) is 17.9. The van der Waals surface area contributed by atoms with Crippen molar-refractivity contribution in [2.75, 3.05) is 13.1 Å². The van der Waals surface area contributed by atoms with Crippen LogP contribution in [0.15, 0.2) is 57.9 Å². The van der Waals surface area contributed by atoms with E-state index in [2.05, 4.69) is 4.90 Å². The Balaban J connectivity index is 0.00000210. The standard InChI is InChI=1S/C22H23NO3.ClH/c24-20-11-10-17-21(25)19(16-8-4-3-5-9-16)15-26-22(17)18(20)14-23-12-6-1-2-7-13-23;/h3-5,8-11,15,24H,1-2,6-7,12-14H2;1H/p-1. The lowest BCUT2D eigenvalue weighted by molar-refractivity contribution is -0.00000663. The number of halogens is 1. The Bertz CT molecular complexity index is 960. The number of nitrogens with zero attached hydrogens (tertiary/aromatic N) is 1. The van der Waals surface area contributed by atoms with E-state index in [1.54, 1.807) is 12.1 Å². The van der Waals surface area contributed by atoms with Crippen LogP contribution in [0.3, 0.4) is 0 Å². The summed E-state index contributed by atoms with van der Waals surface area (Å²) in [6.45, 7) is 2.64. The zero-order valence-corrected chi connectivity index (χ0v) is 15.9. The SMILES string of the molecule is O=c1c(-c2ccccc2)coc2c(CN3CCCCCC3)c(O)ccc12.[Cl-]. The summed E-state index contributed by atoms with van der Waals surface area (Å²) in [5.74, 6) is 0.192. The molecule has 0 spiro atoms. The summed E-state index contributed by atoms with van der Waals surface area (Å²) >= 11 is 0. The van der Waals surface area contributed by atoms with Gasteiger partial charge in [-0.25, -0.2) is 0 Å². The molecule has 2 aromatic carbocycles. The third-order valence-electron chi connectivity index (χ3n) is 5.18. The van der Waals surface area contributed by atoms with Crippen molar-refractivity contribution in [2.24, 2.45) is 0 Å². The monoisotopic (exact) mass is 384 g/mol. The summed E-state index contributed by atoms with van der Waals surface area (Å²) in [4.78, 5) is 15.3. The van der Waals surface area contributed by atoms with E-state index >= 15 is 0 Å². The van der Waals surface area contributed by atoms with Crippen LogP contribution in [0, 0.1) is 0 Å². The highest BCUT2D eigenvalue weighted by Gasteiger charge is 2.18. The lowest BCUT2D eigenvalue weighted by Gasteiger charge is -2.20. The molecule has 1 saturated heterocycles. The van der Waals surface area contributed by atoms with Gasteiger partial charge in [-0.1, -0.05) is 43.2 Å². The number of fused-ring (bicyclic) bond motifs is 1. The van der Waals surface area contributed by atoms with E-state index in [1.165, 1.54) is 31.9 Å². The Kier molecular flexibility index (Phi) is 6.19. The molecule has 0 aliphatic carbocycles. The molecule has 0 atom stereocenters. The van der Waals surface area contributed by atoms with Crippen LogP contribution in [0.1, 0.15) is 31.2 Å². The molecule has 1 N–H and O–H groups in total. The number of likely N-dealkylation sites (tertiary alicyclic amines) is 1. The number of phenolic OH excluding ortho intramolecular Hbond substituents is 1. The topological polar surface area (TPSA) is 53.7 Å². The molecule has 27 heavy (non-hydrogen) atoms. The number of phenols is 1. The predicted molar refractivity (Wildman–Crippen MR) is 103 cm³/mol. The van der Waals surface area contributed by atoms with Crippen LogP contribution in [0.25, 0.3) is 22.1 Å². The van der Waals surface area contributed by atoms with Crippen LogP contribution < -0.4 is 17.8 Å². The van der Waals surface area contributed by atoms with E-state index in [0.29, 0.717) is 28.6 Å². The first-order chi connectivity index (χ1) is 12.7. The molecule has 3 aromatic rings. The van der Waals surface area contributed by atoms with Gasteiger partial charge in [0.1, 0.15) is 17.6 Å². The largest absolute Gasteiger partial charge is 1.00 e. The maximum Gasteiger partial charge on any atom is 0.200 e. The molecular weight excluding hydrogens is 362 g/mol. The molecule has 142 valence electrons. The average Bonchev–Trinajstić information content (AvgIpc) is 2.94. The fourth-order valence-corrected chi connectivity index (χ4v) is 3.73. The van der Waals surface area contributed by atoms with E-state index in [1.807, 2.05) is 30.3 Å². The van der Waals surface area contributed by atoms with Gasteiger partial charge in [0.25, 0.3) is 0 Å². The minimum atomic E-state index is -0.0606. The van der Waals surface area contributed by atoms with Crippen molar-refractivity contribution in [3.8, 4) is 16.9 Å². The summed E-state index contributed by atoms with van der Waals surface area (Å²) in [6.07, 6.45) is 6.38. The van der Waals surface area contributed by atoms with E-state index in [9.17, 15) is 9.90 Å². The molecule has 1 aromatic heterocycles. The average molecular weight is 385 g/mol. The van der Waals surface area contributed by atoms with Crippen LogP contribution in [-0.2, 0) is 6.54 Å². The third-order valence-corrected chi connectivity index (χ3v) is 5.18. The van der Waals surface area contributed by atoms with Gasteiger partial charge in [0.15, 0.2) is 0 Å². The van der Waals surface area contributed by atoms with Crippen LogP contribution in [0.4, 0.5) is 0 Å². The van der Waals surface area contributed by atoms with E-state index in [0.717, 1.165) is 18.7 Å². The normalized spacial score (nSPS) is 15.3. The van der Waals surface area contributed by atoms with Crippen molar-refractivity contribution in [3.05, 3.63) is 64.5 Å². The Hall–Kier alpha value is -2.30. The van der Waals surface area contributed by atoms with Gasteiger partial charge < -0.3 is 21.9 Å². The van der Waals surface area contributed by atoms with Crippen molar-refractivity contribution in [1.82, 2.24) is 4.90 Å². The molecule has 4 nitrogen and oxygen atoms in total. The highest BCUT2D eigenvalue weighted by atomic mass is 35.5. The third kappa shape index (κ3) is 4.02. The number of rotatable bonds is 3.